The predicted molar refractivity (Wildman–Crippen MR) is 84.2 cm³/mol. The van der Waals surface area contributed by atoms with Gasteiger partial charge in [0.25, 0.3) is 0 Å². The Kier molecular flexibility index (Phi) is 4.89. The van der Waals surface area contributed by atoms with Gasteiger partial charge in [-0.05, 0) is 29.7 Å². The summed E-state index contributed by atoms with van der Waals surface area (Å²) < 4.78 is 7.55. The van der Waals surface area contributed by atoms with Gasteiger partial charge in [-0.2, -0.15) is 5.26 Å². The zero-order valence-electron chi connectivity index (χ0n) is 12.8. The molecular formula is C17H21N3O. The van der Waals surface area contributed by atoms with Crippen LogP contribution in [0.25, 0.3) is 0 Å². The van der Waals surface area contributed by atoms with Crippen LogP contribution in [0.4, 0.5) is 5.69 Å². The third-order valence-electron chi connectivity index (χ3n) is 3.09. The van der Waals surface area contributed by atoms with E-state index < -0.39 is 0 Å². The van der Waals surface area contributed by atoms with Crippen molar-refractivity contribution in [1.29, 1.82) is 5.26 Å². The fourth-order valence-corrected chi connectivity index (χ4v) is 2.00. The molecule has 0 atom stereocenters. The van der Waals surface area contributed by atoms with Gasteiger partial charge < -0.3 is 14.6 Å². The van der Waals surface area contributed by atoms with Crippen molar-refractivity contribution >= 4 is 5.69 Å². The molecule has 0 saturated carbocycles. The van der Waals surface area contributed by atoms with Gasteiger partial charge in [-0.1, -0.05) is 19.9 Å². The molecule has 1 aromatic heterocycles. The summed E-state index contributed by atoms with van der Waals surface area (Å²) in [5, 5.41) is 12.3. The number of aromatic nitrogens is 1. The molecule has 1 heterocycles. The van der Waals surface area contributed by atoms with Crippen LogP contribution in [-0.2, 0) is 13.6 Å². The van der Waals surface area contributed by atoms with E-state index in [1.165, 1.54) is 0 Å². The van der Waals surface area contributed by atoms with Crippen molar-refractivity contribution in [2.45, 2.75) is 20.4 Å². The number of aryl methyl sites for hydroxylation is 1. The molecule has 0 radical (unpaired) electrons. The zero-order valence-corrected chi connectivity index (χ0v) is 12.8. The summed E-state index contributed by atoms with van der Waals surface area (Å²) in [6, 6.07) is 12.0. The molecule has 2 aromatic rings. The number of nitrogens with zero attached hydrogens (tertiary/aromatic N) is 2. The van der Waals surface area contributed by atoms with E-state index in [0.29, 0.717) is 24.8 Å². The first-order chi connectivity index (χ1) is 10.1. The molecule has 0 amide bonds. The highest BCUT2D eigenvalue weighted by atomic mass is 16.5. The van der Waals surface area contributed by atoms with E-state index in [1.807, 2.05) is 48.1 Å². The second kappa shape index (κ2) is 6.85. The lowest BCUT2D eigenvalue weighted by molar-refractivity contribution is 0.271. The van der Waals surface area contributed by atoms with Crippen molar-refractivity contribution in [1.82, 2.24) is 4.57 Å². The van der Waals surface area contributed by atoms with Gasteiger partial charge in [-0.15, -0.1) is 0 Å². The van der Waals surface area contributed by atoms with Crippen molar-refractivity contribution in [3.05, 3.63) is 47.8 Å². The minimum atomic E-state index is 0.510. The van der Waals surface area contributed by atoms with Crippen molar-refractivity contribution in [3.8, 4) is 11.8 Å². The van der Waals surface area contributed by atoms with E-state index in [4.69, 9.17) is 10.00 Å². The van der Waals surface area contributed by atoms with Crippen molar-refractivity contribution in [2.75, 3.05) is 11.9 Å². The van der Waals surface area contributed by atoms with E-state index in [1.54, 1.807) is 0 Å². The van der Waals surface area contributed by atoms with Gasteiger partial charge in [0.15, 0.2) is 0 Å². The maximum atomic E-state index is 8.95. The lowest BCUT2D eigenvalue weighted by Gasteiger charge is -2.11. The van der Waals surface area contributed by atoms with Gasteiger partial charge in [0.2, 0.25) is 0 Å². The fourth-order valence-electron chi connectivity index (χ4n) is 2.00. The molecule has 0 saturated heterocycles. The Bertz CT molecular complexity index is 638. The number of nitriles is 1. The highest BCUT2D eigenvalue weighted by molar-refractivity contribution is 5.48. The van der Waals surface area contributed by atoms with Crippen molar-refractivity contribution in [2.24, 2.45) is 13.0 Å². The van der Waals surface area contributed by atoms with E-state index in [-0.39, 0.29) is 0 Å². The van der Waals surface area contributed by atoms with Crippen LogP contribution in [0.5, 0.6) is 5.75 Å². The molecule has 2 rings (SSSR count). The van der Waals surface area contributed by atoms with Crippen LogP contribution in [0.1, 0.15) is 25.1 Å². The standard InChI is InChI=1S/C17H21N3O/c1-13(2)12-21-17-6-4-5-15(8-17)19-10-14-7-16(9-18)20(3)11-14/h4-8,11,13,19H,10,12H2,1-3H3. The van der Waals surface area contributed by atoms with Gasteiger partial charge >= 0.3 is 0 Å². The first kappa shape index (κ1) is 15.0. The summed E-state index contributed by atoms with van der Waals surface area (Å²) in [6.07, 6.45) is 1.96. The normalized spacial score (nSPS) is 10.4. The Balaban J connectivity index is 1.96. The number of anilines is 1. The van der Waals surface area contributed by atoms with Crippen LogP contribution in [0.15, 0.2) is 36.5 Å². The SMILES string of the molecule is CC(C)COc1cccc(NCc2cc(C#N)n(C)c2)c1. The van der Waals surface area contributed by atoms with Gasteiger partial charge in [-0.25, -0.2) is 0 Å². The summed E-state index contributed by atoms with van der Waals surface area (Å²) in [7, 11) is 1.88. The van der Waals surface area contributed by atoms with E-state index in [2.05, 4.69) is 25.2 Å². The quantitative estimate of drug-likeness (QED) is 0.882. The summed E-state index contributed by atoms with van der Waals surface area (Å²) in [5.41, 5.74) is 2.77. The Morgan fingerprint density at radius 3 is 2.81 bits per heavy atom. The monoisotopic (exact) mass is 283 g/mol. The first-order valence-corrected chi connectivity index (χ1v) is 7.10. The largest absolute Gasteiger partial charge is 0.493 e. The Hall–Kier alpha value is -2.41. The van der Waals surface area contributed by atoms with Crippen LogP contribution in [-0.4, -0.2) is 11.2 Å². The van der Waals surface area contributed by atoms with Crippen molar-refractivity contribution < 1.29 is 4.74 Å². The van der Waals surface area contributed by atoms with Crippen LogP contribution in [0.2, 0.25) is 0 Å². The van der Waals surface area contributed by atoms with E-state index in [9.17, 15) is 0 Å². The molecule has 1 aromatic carbocycles. The van der Waals surface area contributed by atoms with Crippen LogP contribution >= 0.6 is 0 Å². The molecule has 110 valence electrons. The second-order valence-corrected chi connectivity index (χ2v) is 5.54. The smallest absolute Gasteiger partial charge is 0.121 e. The second-order valence-electron chi connectivity index (χ2n) is 5.54. The fraction of sp³-hybridized carbons (Fsp3) is 0.353. The average Bonchev–Trinajstić information content (AvgIpc) is 2.84. The number of hydrogen-bond donors (Lipinski definition) is 1. The third-order valence-corrected chi connectivity index (χ3v) is 3.09. The Morgan fingerprint density at radius 2 is 2.14 bits per heavy atom. The average molecular weight is 283 g/mol. The molecule has 0 fully saturated rings. The molecule has 0 bridgehead atoms. The summed E-state index contributed by atoms with van der Waals surface area (Å²) in [6.45, 7) is 5.66. The van der Waals surface area contributed by atoms with E-state index >= 15 is 0 Å². The molecule has 1 N–H and O–H groups in total. The van der Waals surface area contributed by atoms with E-state index in [0.717, 1.165) is 17.0 Å². The maximum absolute atomic E-state index is 8.95. The molecule has 0 aliphatic rings. The number of hydrogen-bond acceptors (Lipinski definition) is 3. The van der Waals surface area contributed by atoms with Crippen LogP contribution in [0, 0.1) is 17.2 Å². The molecule has 0 unspecified atom stereocenters. The molecule has 4 heteroatoms. The maximum Gasteiger partial charge on any atom is 0.121 e. The number of nitrogens with one attached hydrogen (secondary N) is 1. The summed E-state index contributed by atoms with van der Waals surface area (Å²) in [4.78, 5) is 0. The van der Waals surface area contributed by atoms with Crippen LogP contribution in [0.3, 0.4) is 0 Å². The highest BCUT2D eigenvalue weighted by Gasteiger charge is 2.03. The number of ether oxygens (including phenoxy) is 1. The molecule has 0 spiro atoms. The highest BCUT2D eigenvalue weighted by Crippen LogP contribution is 2.19. The van der Waals surface area contributed by atoms with Gasteiger partial charge in [0.1, 0.15) is 17.5 Å². The van der Waals surface area contributed by atoms with Crippen LogP contribution < -0.4 is 10.1 Å². The molecular weight excluding hydrogens is 262 g/mol. The minimum Gasteiger partial charge on any atom is -0.493 e. The number of rotatable bonds is 6. The molecule has 0 aliphatic heterocycles. The van der Waals surface area contributed by atoms with Gasteiger partial charge in [-0.3, -0.25) is 0 Å². The lowest BCUT2D eigenvalue weighted by atomic mass is 10.2. The Labute approximate surface area is 126 Å². The molecule has 0 aliphatic carbocycles. The summed E-state index contributed by atoms with van der Waals surface area (Å²) >= 11 is 0. The lowest BCUT2D eigenvalue weighted by Crippen LogP contribution is -2.05. The van der Waals surface area contributed by atoms with Gasteiger partial charge in [0, 0.05) is 31.5 Å². The minimum absolute atomic E-state index is 0.510. The topological polar surface area (TPSA) is 50.0 Å². The number of benzene rings is 1. The molecule has 21 heavy (non-hydrogen) atoms. The van der Waals surface area contributed by atoms with Gasteiger partial charge in [0.05, 0.1) is 6.61 Å². The van der Waals surface area contributed by atoms with Crippen molar-refractivity contribution in [3.63, 3.8) is 0 Å². The first-order valence-electron chi connectivity index (χ1n) is 7.10. The summed E-state index contributed by atoms with van der Waals surface area (Å²) in [5.74, 6) is 1.38. The Morgan fingerprint density at radius 1 is 1.33 bits per heavy atom. The third kappa shape index (κ3) is 4.28. The zero-order chi connectivity index (χ0) is 15.2. The molecule has 4 nitrogen and oxygen atoms in total. The predicted octanol–water partition coefficient (Wildman–Crippen LogP) is 3.54.